The standard InChI is InChI=1S/C15H9ClIN3/c1-18-12-7-9-5-3-4-6-10(9)14(16)13(12)15-11(17)8-19-20(15)2/h3-8H,2H3. The monoisotopic (exact) mass is 393 g/mol. The van der Waals surface area contributed by atoms with Gasteiger partial charge in [-0.15, -0.1) is 0 Å². The molecule has 0 radical (unpaired) electrons. The van der Waals surface area contributed by atoms with E-state index in [2.05, 4.69) is 32.5 Å². The molecule has 0 aliphatic carbocycles. The number of hydrogen-bond acceptors (Lipinski definition) is 1. The van der Waals surface area contributed by atoms with Crippen LogP contribution in [0.25, 0.3) is 26.9 Å². The minimum atomic E-state index is 0.551. The quantitative estimate of drug-likeness (QED) is 0.419. The van der Waals surface area contributed by atoms with E-state index in [1.165, 1.54) is 0 Å². The fraction of sp³-hybridized carbons (Fsp3) is 0.0667. The number of nitrogens with zero attached hydrogens (tertiary/aromatic N) is 3. The highest BCUT2D eigenvalue weighted by molar-refractivity contribution is 14.1. The lowest BCUT2D eigenvalue weighted by molar-refractivity contribution is 0.776. The summed E-state index contributed by atoms with van der Waals surface area (Å²) in [6.45, 7) is 7.43. The topological polar surface area (TPSA) is 22.2 Å². The molecule has 3 aromatic rings. The summed E-state index contributed by atoms with van der Waals surface area (Å²) in [7, 11) is 1.86. The Hall–Kier alpha value is -1.58. The highest BCUT2D eigenvalue weighted by Gasteiger charge is 2.19. The lowest BCUT2D eigenvalue weighted by atomic mass is 10.0. The summed E-state index contributed by atoms with van der Waals surface area (Å²) in [4.78, 5) is 3.64. The molecule has 98 valence electrons. The van der Waals surface area contributed by atoms with Crippen molar-refractivity contribution in [1.29, 1.82) is 0 Å². The zero-order valence-corrected chi connectivity index (χ0v) is 13.5. The van der Waals surface area contributed by atoms with Crippen LogP contribution in [0.15, 0.2) is 36.5 Å². The van der Waals surface area contributed by atoms with Gasteiger partial charge in [-0.2, -0.15) is 5.10 Å². The van der Waals surface area contributed by atoms with E-state index in [0.29, 0.717) is 10.7 Å². The number of hydrogen-bond donors (Lipinski definition) is 0. The normalized spacial score (nSPS) is 10.7. The first-order chi connectivity index (χ1) is 9.63. The summed E-state index contributed by atoms with van der Waals surface area (Å²) < 4.78 is 2.74. The predicted octanol–water partition coefficient (Wildman–Crippen LogP) is 5.05. The number of benzene rings is 2. The summed E-state index contributed by atoms with van der Waals surface area (Å²) in [6, 6.07) is 9.71. The molecule has 5 heteroatoms. The van der Waals surface area contributed by atoms with E-state index in [-0.39, 0.29) is 0 Å². The van der Waals surface area contributed by atoms with Crippen LogP contribution in [0.3, 0.4) is 0 Å². The summed E-state index contributed by atoms with van der Waals surface area (Å²) in [6.07, 6.45) is 1.77. The molecule has 0 unspecified atom stereocenters. The van der Waals surface area contributed by atoms with Crippen LogP contribution in [-0.4, -0.2) is 9.78 Å². The molecule has 0 spiro atoms. The number of halogens is 2. The van der Waals surface area contributed by atoms with Crippen LogP contribution in [0.1, 0.15) is 0 Å². The van der Waals surface area contributed by atoms with Crippen molar-refractivity contribution in [2.24, 2.45) is 7.05 Å². The Morgan fingerprint density at radius 3 is 2.75 bits per heavy atom. The van der Waals surface area contributed by atoms with Crippen molar-refractivity contribution in [3.05, 3.63) is 56.5 Å². The third kappa shape index (κ3) is 1.98. The largest absolute Gasteiger partial charge is 0.268 e. The van der Waals surface area contributed by atoms with Gasteiger partial charge in [-0.25, -0.2) is 4.85 Å². The highest BCUT2D eigenvalue weighted by Crippen LogP contribution is 2.43. The Bertz CT molecular complexity index is 842. The SMILES string of the molecule is [C-]#[N+]c1cc2ccccc2c(Cl)c1-c1c(I)cnn1C. The van der Waals surface area contributed by atoms with Crippen molar-refractivity contribution in [3.8, 4) is 11.3 Å². The van der Waals surface area contributed by atoms with Gasteiger partial charge in [0.05, 0.1) is 22.0 Å². The van der Waals surface area contributed by atoms with Gasteiger partial charge in [-0.3, -0.25) is 4.68 Å². The second kappa shape index (κ2) is 5.08. The number of aromatic nitrogens is 2. The Kier molecular flexibility index (Phi) is 3.40. The molecule has 0 saturated carbocycles. The molecule has 0 bridgehead atoms. The first-order valence-corrected chi connectivity index (χ1v) is 7.35. The van der Waals surface area contributed by atoms with Crippen LogP contribution in [0.5, 0.6) is 0 Å². The van der Waals surface area contributed by atoms with E-state index in [1.54, 1.807) is 10.9 Å². The molecule has 2 aromatic carbocycles. The molecule has 3 rings (SSSR count). The van der Waals surface area contributed by atoms with Crippen LogP contribution in [0.4, 0.5) is 5.69 Å². The summed E-state index contributed by atoms with van der Waals surface area (Å²) >= 11 is 8.79. The third-order valence-electron chi connectivity index (χ3n) is 3.22. The first-order valence-electron chi connectivity index (χ1n) is 5.90. The Balaban J connectivity index is 2.47. The van der Waals surface area contributed by atoms with Crippen LogP contribution in [0.2, 0.25) is 5.02 Å². The van der Waals surface area contributed by atoms with E-state index in [1.807, 2.05) is 37.4 Å². The molecule has 0 saturated heterocycles. The van der Waals surface area contributed by atoms with Crippen molar-refractivity contribution < 1.29 is 0 Å². The molecule has 1 heterocycles. The summed E-state index contributed by atoms with van der Waals surface area (Å²) in [5.74, 6) is 0. The van der Waals surface area contributed by atoms with Crippen LogP contribution < -0.4 is 0 Å². The van der Waals surface area contributed by atoms with Crippen LogP contribution in [-0.2, 0) is 7.05 Å². The molecule has 1 aromatic heterocycles. The van der Waals surface area contributed by atoms with Crippen molar-refractivity contribution in [2.45, 2.75) is 0 Å². The molecule has 20 heavy (non-hydrogen) atoms. The van der Waals surface area contributed by atoms with Gasteiger partial charge in [0.25, 0.3) is 0 Å². The molecule has 0 fully saturated rings. The second-order valence-electron chi connectivity index (χ2n) is 4.38. The lowest BCUT2D eigenvalue weighted by Gasteiger charge is -2.11. The predicted molar refractivity (Wildman–Crippen MR) is 90.1 cm³/mol. The van der Waals surface area contributed by atoms with Crippen molar-refractivity contribution in [1.82, 2.24) is 9.78 Å². The number of fused-ring (bicyclic) bond motifs is 1. The second-order valence-corrected chi connectivity index (χ2v) is 5.92. The highest BCUT2D eigenvalue weighted by atomic mass is 127. The van der Waals surface area contributed by atoms with E-state index in [9.17, 15) is 0 Å². The molecule has 0 atom stereocenters. The fourth-order valence-corrected chi connectivity index (χ4v) is 3.40. The van der Waals surface area contributed by atoms with Crippen LogP contribution in [0, 0.1) is 10.1 Å². The van der Waals surface area contributed by atoms with Crippen LogP contribution >= 0.6 is 34.2 Å². The molecular weight excluding hydrogens is 385 g/mol. The van der Waals surface area contributed by atoms with Gasteiger partial charge in [0.1, 0.15) is 0 Å². The minimum absolute atomic E-state index is 0.551. The van der Waals surface area contributed by atoms with E-state index >= 15 is 0 Å². The summed E-state index contributed by atoms with van der Waals surface area (Å²) in [5, 5.41) is 6.77. The summed E-state index contributed by atoms with van der Waals surface area (Å²) in [5.41, 5.74) is 2.19. The maximum atomic E-state index is 7.43. The van der Waals surface area contributed by atoms with E-state index in [4.69, 9.17) is 18.2 Å². The average Bonchev–Trinajstić information content (AvgIpc) is 2.78. The number of rotatable bonds is 1. The Labute approximate surface area is 135 Å². The van der Waals surface area contributed by atoms with Gasteiger partial charge in [0, 0.05) is 17.6 Å². The zero-order chi connectivity index (χ0) is 14.3. The third-order valence-corrected chi connectivity index (χ3v) is 4.40. The molecule has 3 nitrogen and oxygen atoms in total. The van der Waals surface area contributed by atoms with E-state index in [0.717, 1.165) is 25.6 Å². The van der Waals surface area contributed by atoms with E-state index < -0.39 is 0 Å². The van der Waals surface area contributed by atoms with Crippen molar-refractivity contribution >= 4 is 50.7 Å². The van der Waals surface area contributed by atoms with Crippen molar-refractivity contribution in [3.63, 3.8) is 0 Å². The fourth-order valence-electron chi connectivity index (χ4n) is 2.29. The van der Waals surface area contributed by atoms with Crippen molar-refractivity contribution in [2.75, 3.05) is 0 Å². The van der Waals surface area contributed by atoms with Gasteiger partial charge < -0.3 is 0 Å². The smallest absolute Gasteiger partial charge is 0.198 e. The molecular formula is C15H9ClIN3. The molecule has 0 N–H and O–H groups in total. The Morgan fingerprint density at radius 2 is 2.10 bits per heavy atom. The zero-order valence-electron chi connectivity index (χ0n) is 10.6. The van der Waals surface area contributed by atoms with Gasteiger partial charge in [-0.1, -0.05) is 35.9 Å². The lowest BCUT2D eigenvalue weighted by Crippen LogP contribution is -1.95. The first kappa shape index (κ1) is 13.4. The van der Waals surface area contributed by atoms with Gasteiger partial charge in [-0.05, 0) is 39.4 Å². The molecule has 0 amide bonds. The minimum Gasteiger partial charge on any atom is -0.268 e. The number of aryl methyl sites for hydroxylation is 1. The molecule has 0 aliphatic rings. The maximum absolute atomic E-state index is 7.43. The van der Waals surface area contributed by atoms with Gasteiger partial charge in [0.2, 0.25) is 0 Å². The maximum Gasteiger partial charge on any atom is 0.198 e. The average molecular weight is 394 g/mol. The Morgan fingerprint density at radius 1 is 1.35 bits per heavy atom. The molecule has 0 aliphatic heterocycles. The van der Waals surface area contributed by atoms with Gasteiger partial charge >= 0.3 is 0 Å². The van der Waals surface area contributed by atoms with Gasteiger partial charge in [0.15, 0.2) is 5.69 Å².